The van der Waals surface area contributed by atoms with Gasteiger partial charge in [-0.1, -0.05) is 24.3 Å². The Kier molecular flexibility index (Phi) is 5.78. The number of amides is 1. The average molecular weight is 372 g/mol. The van der Waals surface area contributed by atoms with Crippen LogP contribution in [0.25, 0.3) is 0 Å². The number of carbonyl (C=O) groups excluding carboxylic acids is 1. The van der Waals surface area contributed by atoms with Gasteiger partial charge in [-0.15, -0.1) is 0 Å². The summed E-state index contributed by atoms with van der Waals surface area (Å²) in [6.45, 7) is 5.73. The minimum atomic E-state index is -0.663. The fraction of sp³-hybridized carbons (Fsp3) is 0.368. The fourth-order valence-electron chi connectivity index (χ4n) is 2.76. The van der Waals surface area contributed by atoms with Crippen LogP contribution in [0, 0.1) is 0 Å². The SMILES string of the molecule is CCOC(=O)Nc1ccc(NCc2ccc(C3(C)OCCO3)cc2)nc1N. The van der Waals surface area contributed by atoms with Crippen molar-refractivity contribution in [1.82, 2.24) is 4.98 Å². The van der Waals surface area contributed by atoms with E-state index >= 15 is 0 Å². The van der Waals surface area contributed by atoms with Crippen LogP contribution in [0.2, 0.25) is 0 Å². The predicted molar refractivity (Wildman–Crippen MR) is 102 cm³/mol. The molecule has 144 valence electrons. The van der Waals surface area contributed by atoms with Gasteiger partial charge in [-0.05, 0) is 31.5 Å². The van der Waals surface area contributed by atoms with Crippen LogP contribution >= 0.6 is 0 Å². The molecule has 1 amide bonds. The van der Waals surface area contributed by atoms with E-state index in [1.807, 2.05) is 31.2 Å². The lowest BCUT2D eigenvalue weighted by molar-refractivity contribution is -0.149. The maximum atomic E-state index is 11.5. The Morgan fingerprint density at radius 1 is 1.22 bits per heavy atom. The lowest BCUT2D eigenvalue weighted by atomic mass is 10.1. The van der Waals surface area contributed by atoms with Crippen molar-refractivity contribution in [1.29, 1.82) is 0 Å². The van der Waals surface area contributed by atoms with Crippen LogP contribution in [-0.2, 0) is 26.5 Å². The Morgan fingerprint density at radius 3 is 2.56 bits per heavy atom. The summed E-state index contributed by atoms with van der Waals surface area (Å²) in [5.41, 5.74) is 8.36. The molecule has 1 aromatic heterocycles. The van der Waals surface area contributed by atoms with Crippen LogP contribution in [0.15, 0.2) is 36.4 Å². The van der Waals surface area contributed by atoms with Crippen LogP contribution in [0.3, 0.4) is 0 Å². The molecule has 1 fully saturated rings. The van der Waals surface area contributed by atoms with Crippen molar-refractivity contribution in [3.05, 3.63) is 47.5 Å². The topological polar surface area (TPSA) is 108 Å². The zero-order valence-electron chi connectivity index (χ0n) is 15.5. The van der Waals surface area contributed by atoms with Gasteiger partial charge in [0.15, 0.2) is 5.79 Å². The molecule has 2 heterocycles. The second-order valence-corrected chi connectivity index (χ2v) is 6.17. The molecule has 3 rings (SSSR count). The van der Waals surface area contributed by atoms with Crippen molar-refractivity contribution >= 4 is 23.4 Å². The molecule has 8 heteroatoms. The van der Waals surface area contributed by atoms with E-state index in [0.29, 0.717) is 31.3 Å². The van der Waals surface area contributed by atoms with Crippen molar-refractivity contribution in [2.24, 2.45) is 0 Å². The summed E-state index contributed by atoms with van der Waals surface area (Å²) < 4.78 is 16.1. The second kappa shape index (κ2) is 8.24. The highest BCUT2D eigenvalue weighted by atomic mass is 16.7. The normalized spacial score (nSPS) is 15.3. The van der Waals surface area contributed by atoms with Crippen LogP contribution in [0.5, 0.6) is 0 Å². The largest absolute Gasteiger partial charge is 0.450 e. The number of anilines is 3. The predicted octanol–water partition coefficient (Wildman–Crippen LogP) is 3.06. The van der Waals surface area contributed by atoms with E-state index in [1.165, 1.54) is 0 Å². The molecule has 1 aromatic carbocycles. The van der Waals surface area contributed by atoms with Gasteiger partial charge < -0.3 is 25.3 Å². The average Bonchev–Trinajstić information content (AvgIpc) is 3.10. The lowest BCUT2D eigenvalue weighted by Gasteiger charge is -2.22. The number of benzene rings is 1. The number of aromatic nitrogens is 1. The summed E-state index contributed by atoms with van der Waals surface area (Å²) in [6.07, 6.45) is -0.560. The van der Waals surface area contributed by atoms with Crippen LogP contribution in [0.4, 0.5) is 22.1 Å². The van der Waals surface area contributed by atoms with Crippen molar-refractivity contribution in [2.75, 3.05) is 36.2 Å². The van der Waals surface area contributed by atoms with E-state index in [4.69, 9.17) is 19.9 Å². The highest BCUT2D eigenvalue weighted by Gasteiger charge is 2.32. The molecular weight excluding hydrogens is 348 g/mol. The Morgan fingerprint density at radius 2 is 1.93 bits per heavy atom. The van der Waals surface area contributed by atoms with Crippen LogP contribution < -0.4 is 16.4 Å². The minimum Gasteiger partial charge on any atom is -0.450 e. The quantitative estimate of drug-likeness (QED) is 0.715. The standard InChI is InChI=1S/C19H24N4O4/c1-3-25-18(24)22-15-8-9-16(23-17(15)20)21-12-13-4-6-14(7-5-13)19(2)26-10-11-27-19/h4-9H,3,10-12H2,1-2H3,(H,22,24)(H3,20,21,23). The monoisotopic (exact) mass is 372 g/mol. The van der Waals surface area contributed by atoms with Gasteiger partial charge in [0, 0.05) is 12.1 Å². The van der Waals surface area contributed by atoms with E-state index in [0.717, 1.165) is 11.1 Å². The van der Waals surface area contributed by atoms with Gasteiger partial charge in [0.05, 0.1) is 25.5 Å². The molecule has 0 aliphatic carbocycles. The summed E-state index contributed by atoms with van der Waals surface area (Å²) >= 11 is 0. The summed E-state index contributed by atoms with van der Waals surface area (Å²) in [7, 11) is 0. The molecule has 0 bridgehead atoms. The Balaban J connectivity index is 1.58. The van der Waals surface area contributed by atoms with Crippen molar-refractivity contribution in [3.8, 4) is 0 Å². The van der Waals surface area contributed by atoms with Gasteiger partial charge in [0.25, 0.3) is 0 Å². The van der Waals surface area contributed by atoms with Crippen LogP contribution in [0.1, 0.15) is 25.0 Å². The van der Waals surface area contributed by atoms with Gasteiger partial charge in [-0.2, -0.15) is 0 Å². The fourth-order valence-corrected chi connectivity index (χ4v) is 2.76. The molecule has 27 heavy (non-hydrogen) atoms. The first-order valence-corrected chi connectivity index (χ1v) is 8.81. The highest BCUT2D eigenvalue weighted by Crippen LogP contribution is 2.30. The number of nitrogens with one attached hydrogen (secondary N) is 2. The number of hydrogen-bond donors (Lipinski definition) is 3. The van der Waals surface area contributed by atoms with Gasteiger partial charge in [-0.3, -0.25) is 5.32 Å². The van der Waals surface area contributed by atoms with E-state index in [2.05, 4.69) is 15.6 Å². The molecule has 1 aliphatic heterocycles. The summed E-state index contributed by atoms with van der Waals surface area (Å²) in [5.74, 6) is 0.163. The third kappa shape index (κ3) is 4.66. The molecule has 0 radical (unpaired) electrons. The number of pyridine rings is 1. The van der Waals surface area contributed by atoms with Gasteiger partial charge in [0.2, 0.25) is 0 Å². The Bertz CT molecular complexity index is 789. The van der Waals surface area contributed by atoms with Gasteiger partial charge in [0.1, 0.15) is 11.6 Å². The van der Waals surface area contributed by atoms with Crippen molar-refractivity contribution < 1.29 is 19.0 Å². The first-order chi connectivity index (χ1) is 13.0. The first-order valence-electron chi connectivity index (χ1n) is 8.81. The van der Waals surface area contributed by atoms with E-state index in [9.17, 15) is 4.79 Å². The van der Waals surface area contributed by atoms with E-state index in [-0.39, 0.29) is 12.4 Å². The number of nitrogen functional groups attached to an aromatic ring is 1. The number of carbonyl (C=O) groups is 1. The minimum absolute atomic E-state index is 0.215. The lowest BCUT2D eigenvalue weighted by Crippen LogP contribution is -2.22. The van der Waals surface area contributed by atoms with E-state index in [1.54, 1.807) is 19.1 Å². The number of rotatable bonds is 6. The summed E-state index contributed by atoms with van der Waals surface area (Å²) in [5, 5.41) is 5.76. The zero-order valence-corrected chi connectivity index (χ0v) is 15.5. The van der Waals surface area contributed by atoms with Gasteiger partial charge >= 0.3 is 6.09 Å². The van der Waals surface area contributed by atoms with Gasteiger partial charge in [-0.25, -0.2) is 9.78 Å². The Labute approximate surface area is 158 Å². The highest BCUT2D eigenvalue weighted by molar-refractivity contribution is 5.88. The molecule has 1 aliphatic rings. The smallest absolute Gasteiger partial charge is 0.411 e. The van der Waals surface area contributed by atoms with E-state index < -0.39 is 11.9 Å². The van der Waals surface area contributed by atoms with Crippen molar-refractivity contribution in [3.63, 3.8) is 0 Å². The molecule has 2 aromatic rings. The summed E-state index contributed by atoms with van der Waals surface area (Å²) in [6, 6.07) is 11.4. The molecule has 8 nitrogen and oxygen atoms in total. The zero-order chi connectivity index (χ0) is 19.3. The third-order valence-electron chi connectivity index (χ3n) is 4.23. The second-order valence-electron chi connectivity index (χ2n) is 6.17. The molecule has 0 spiro atoms. The molecule has 0 atom stereocenters. The number of nitrogens with zero attached hydrogens (tertiary/aromatic N) is 1. The maximum Gasteiger partial charge on any atom is 0.411 e. The van der Waals surface area contributed by atoms with Crippen molar-refractivity contribution in [2.45, 2.75) is 26.2 Å². The molecule has 1 saturated heterocycles. The summed E-state index contributed by atoms with van der Waals surface area (Å²) in [4.78, 5) is 15.7. The molecule has 0 unspecified atom stereocenters. The molecular formula is C19H24N4O4. The number of ether oxygens (including phenoxy) is 3. The first kappa shape index (κ1) is 18.9. The number of nitrogens with two attached hydrogens (primary N) is 1. The maximum absolute atomic E-state index is 11.5. The van der Waals surface area contributed by atoms with Crippen LogP contribution in [-0.4, -0.2) is 30.9 Å². The molecule has 0 saturated carbocycles. The Hall–Kier alpha value is -2.84. The molecule has 4 N–H and O–H groups in total. The number of hydrogen-bond acceptors (Lipinski definition) is 7. The third-order valence-corrected chi connectivity index (χ3v) is 4.23.